The molecule has 3 N–H and O–H groups in total. The van der Waals surface area contributed by atoms with Gasteiger partial charge in [-0.3, -0.25) is 0 Å². The van der Waals surface area contributed by atoms with Gasteiger partial charge >= 0.3 is 7.94 Å². The van der Waals surface area contributed by atoms with E-state index < -0.39 is 7.94 Å². The molecule has 5 heteroatoms. The molecular formula is CH6NaO3P+. The molecule has 0 aromatic carbocycles. The molecular weight excluding hydrogens is 114 g/mol. The van der Waals surface area contributed by atoms with E-state index in [9.17, 15) is 0 Å². The fourth-order valence-corrected chi connectivity index (χ4v) is 0. The molecule has 0 heterocycles. The third-order valence-corrected chi connectivity index (χ3v) is 0. The van der Waals surface area contributed by atoms with Gasteiger partial charge in [0.25, 0.3) is 0 Å². The van der Waals surface area contributed by atoms with Gasteiger partial charge in [0.2, 0.25) is 0 Å². The van der Waals surface area contributed by atoms with E-state index in [4.69, 9.17) is 14.7 Å². The van der Waals surface area contributed by atoms with E-state index in [-0.39, 0.29) is 29.6 Å². The standard InChI is InChI=1S/CH6O3P.Na/c1-5(2,3)4;/h2-4H,1H3;/q+1;. The van der Waals surface area contributed by atoms with Gasteiger partial charge < -0.3 is 0 Å². The molecule has 0 amide bonds. The molecule has 0 spiro atoms. The molecule has 33 valence electrons. The first-order valence-corrected chi connectivity index (χ1v) is 3.14. The Bertz CT molecular complexity index is 26.3. The van der Waals surface area contributed by atoms with Gasteiger partial charge in [-0.05, 0) is 0 Å². The topological polar surface area (TPSA) is 60.7 Å². The maximum Gasteiger partial charge on any atom is 0.400 e. The molecule has 0 rings (SSSR count). The molecule has 6 heavy (non-hydrogen) atoms. The summed E-state index contributed by atoms with van der Waals surface area (Å²) in [6, 6.07) is 0. The number of rotatable bonds is 0. The summed E-state index contributed by atoms with van der Waals surface area (Å²) in [6.45, 7) is 0.965. The second-order valence-electron chi connectivity index (χ2n) is 0.868. The van der Waals surface area contributed by atoms with E-state index in [1.165, 1.54) is 0 Å². The maximum atomic E-state index is 7.74. The fraction of sp³-hybridized carbons (Fsp3) is 1.00. The zero-order valence-electron chi connectivity index (χ0n) is 3.79. The summed E-state index contributed by atoms with van der Waals surface area (Å²) in [5, 5.41) is 0. The van der Waals surface area contributed by atoms with Crippen molar-refractivity contribution < 1.29 is 14.7 Å². The van der Waals surface area contributed by atoms with Gasteiger partial charge in [0.1, 0.15) is 6.66 Å². The van der Waals surface area contributed by atoms with E-state index in [0.29, 0.717) is 0 Å². The molecule has 0 saturated heterocycles. The van der Waals surface area contributed by atoms with Crippen LogP contribution >= 0.6 is 7.94 Å². The minimum atomic E-state index is -3.39. The summed E-state index contributed by atoms with van der Waals surface area (Å²) >= 11 is 0. The summed E-state index contributed by atoms with van der Waals surface area (Å²) in [5.74, 6) is 0. The van der Waals surface area contributed by atoms with Crippen LogP contribution in [0, 0.1) is 0 Å². The van der Waals surface area contributed by atoms with Crippen molar-refractivity contribution in [2.24, 2.45) is 0 Å². The molecule has 1 radical (unpaired) electrons. The normalized spacial score (nSPS) is 10.0. The molecule has 0 bridgehead atoms. The Morgan fingerprint density at radius 1 is 1.17 bits per heavy atom. The predicted octanol–water partition coefficient (Wildman–Crippen LogP) is -1.03. The van der Waals surface area contributed by atoms with Crippen LogP contribution in [-0.4, -0.2) is 50.9 Å². The molecule has 0 unspecified atom stereocenters. The van der Waals surface area contributed by atoms with Crippen molar-refractivity contribution >= 4 is 37.5 Å². The van der Waals surface area contributed by atoms with Crippen molar-refractivity contribution in [3.63, 3.8) is 0 Å². The molecule has 0 aliphatic heterocycles. The largest absolute Gasteiger partial charge is 0.400 e. The van der Waals surface area contributed by atoms with Gasteiger partial charge in [-0.1, -0.05) is 0 Å². The zero-order chi connectivity index (χ0) is 4.50. The van der Waals surface area contributed by atoms with Crippen LogP contribution in [-0.2, 0) is 0 Å². The van der Waals surface area contributed by atoms with Crippen LogP contribution in [0.4, 0.5) is 0 Å². The van der Waals surface area contributed by atoms with Crippen molar-refractivity contribution in [1.82, 2.24) is 0 Å². The molecule has 0 aliphatic rings. The van der Waals surface area contributed by atoms with Crippen LogP contribution in [0.1, 0.15) is 0 Å². The molecule has 0 aliphatic carbocycles. The van der Waals surface area contributed by atoms with Crippen molar-refractivity contribution in [3.05, 3.63) is 0 Å². The van der Waals surface area contributed by atoms with Crippen LogP contribution in [0.2, 0.25) is 0 Å². The van der Waals surface area contributed by atoms with Crippen LogP contribution < -0.4 is 0 Å². The zero-order valence-corrected chi connectivity index (χ0v) is 6.68. The molecule has 0 aromatic rings. The second-order valence-corrected chi connectivity index (χ2v) is 2.60. The molecule has 0 atom stereocenters. The second kappa shape index (κ2) is 3.33. The van der Waals surface area contributed by atoms with Gasteiger partial charge in [0.05, 0.1) is 0 Å². The Kier molecular flexibility index (Phi) is 5.73. The van der Waals surface area contributed by atoms with E-state index in [0.717, 1.165) is 6.66 Å². The van der Waals surface area contributed by atoms with Crippen LogP contribution in [0.25, 0.3) is 0 Å². The summed E-state index contributed by atoms with van der Waals surface area (Å²) in [6.07, 6.45) is 0. The number of hydrogen-bond donors (Lipinski definition) is 3. The predicted molar refractivity (Wildman–Crippen MR) is 25.3 cm³/mol. The van der Waals surface area contributed by atoms with Gasteiger partial charge in [-0.15, -0.1) is 0 Å². The van der Waals surface area contributed by atoms with Gasteiger partial charge in [0.15, 0.2) is 0 Å². The molecule has 0 aromatic heterocycles. The third-order valence-electron chi connectivity index (χ3n) is 0. The van der Waals surface area contributed by atoms with Crippen molar-refractivity contribution in [1.29, 1.82) is 0 Å². The van der Waals surface area contributed by atoms with Crippen LogP contribution in [0.5, 0.6) is 0 Å². The van der Waals surface area contributed by atoms with E-state index in [1.54, 1.807) is 0 Å². The van der Waals surface area contributed by atoms with Gasteiger partial charge in [-0.2, -0.15) is 14.7 Å². The fourth-order valence-electron chi connectivity index (χ4n) is 0. The Balaban J connectivity index is 0. The Hall–Kier alpha value is 1.31. The molecule has 0 fully saturated rings. The Labute approximate surface area is 58.9 Å². The van der Waals surface area contributed by atoms with Crippen molar-refractivity contribution in [2.45, 2.75) is 0 Å². The van der Waals surface area contributed by atoms with Crippen LogP contribution in [0.3, 0.4) is 0 Å². The molecule has 3 nitrogen and oxygen atoms in total. The summed E-state index contributed by atoms with van der Waals surface area (Å²) in [4.78, 5) is 23.2. The van der Waals surface area contributed by atoms with E-state index >= 15 is 0 Å². The van der Waals surface area contributed by atoms with E-state index in [1.807, 2.05) is 0 Å². The third kappa shape index (κ3) is 57.5. The summed E-state index contributed by atoms with van der Waals surface area (Å²) < 4.78 is 0. The molecule has 0 saturated carbocycles. The Morgan fingerprint density at radius 3 is 1.17 bits per heavy atom. The van der Waals surface area contributed by atoms with Crippen LogP contribution in [0.15, 0.2) is 0 Å². The van der Waals surface area contributed by atoms with E-state index in [2.05, 4.69) is 0 Å². The maximum absolute atomic E-state index is 7.74. The van der Waals surface area contributed by atoms with Gasteiger partial charge in [-0.25, -0.2) is 0 Å². The first-order valence-electron chi connectivity index (χ1n) is 1.05. The average molecular weight is 120 g/mol. The minimum Gasteiger partial charge on any atom is -0.193 e. The van der Waals surface area contributed by atoms with Gasteiger partial charge in [0, 0.05) is 29.6 Å². The Morgan fingerprint density at radius 2 is 1.17 bits per heavy atom. The first kappa shape index (κ1) is 10.3. The monoisotopic (exact) mass is 120 g/mol. The minimum absolute atomic E-state index is 0. The smallest absolute Gasteiger partial charge is 0.193 e. The van der Waals surface area contributed by atoms with Crippen molar-refractivity contribution in [2.75, 3.05) is 6.66 Å². The first-order chi connectivity index (χ1) is 2.00. The quantitative estimate of drug-likeness (QED) is 0.283. The number of hydrogen-bond acceptors (Lipinski definition) is 3. The average Bonchev–Trinajstić information content (AvgIpc) is 0.722. The SMILES string of the molecule is C[P+](O)(O)O.[Na]. The summed E-state index contributed by atoms with van der Waals surface area (Å²) in [5.41, 5.74) is 0. The summed E-state index contributed by atoms with van der Waals surface area (Å²) in [7, 11) is -3.39. The van der Waals surface area contributed by atoms with Crippen molar-refractivity contribution in [3.8, 4) is 0 Å².